The summed E-state index contributed by atoms with van der Waals surface area (Å²) in [7, 11) is 0. The van der Waals surface area contributed by atoms with E-state index in [1.807, 2.05) is 18.3 Å². The summed E-state index contributed by atoms with van der Waals surface area (Å²) in [6, 6.07) is 6.36. The maximum atomic E-state index is 4.30. The Kier molecular flexibility index (Phi) is 1.76. The summed E-state index contributed by atoms with van der Waals surface area (Å²) in [4.78, 5) is 12.3. The van der Waals surface area contributed by atoms with Gasteiger partial charge < -0.3 is 0 Å². The van der Waals surface area contributed by atoms with Gasteiger partial charge in [0.1, 0.15) is 12.5 Å². The Morgan fingerprint density at radius 1 is 1.40 bits per heavy atom. The van der Waals surface area contributed by atoms with Gasteiger partial charge in [-0.05, 0) is 12.3 Å². The maximum absolute atomic E-state index is 4.30. The first-order valence-corrected chi connectivity index (χ1v) is 4.80. The van der Waals surface area contributed by atoms with Crippen molar-refractivity contribution in [2.45, 2.75) is 12.2 Å². The number of aliphatic imine (C=N–C) groups is 1. The zero-order valence-electron chi connectivity index (χ0n) is 8.09. The van der Waals surface area contributed by atoms with E-state index in [9.17, 15) is 0 Å². The summed E-state index contributed by atoms with van der Waals surface area (Å²) in [6.07, 6.45) is 3.54. The van der Waals surface area contributed by atoms with E-state index in [-0.39, 0.29) is 12.2 Å². The van der Waals surface area contributed by atoms with Gasteiger partial charge in [0, 0.05) is 11.6 Å². The number of fused-ring (bicyclic) bond motifs is 1. The van der Waals surface area contributed by atoms with Gasteiger partial charge in [-0.15, -0.1) is 0 Å². The number of para-hydroxylation sites is 1. The highest BCUT2D eigenvalue weighted by molar-refractivity contribution is 5.81. The number of hydrogen-bond acceptors (Lipinski definition) is 4. The van der Waals surface area contributed by atoms with E-state index >= 15 is 0 Å². The standard InChI is InChI=1S/C11H10N4/c1-12-11-10(15-11)8-4-2-3-7-5-13-6-14-9(7)8/h2-6,10-11,15H,1H2. The zero-order valence-corrected chi connectivity index (χ0v) is 8.09. The van der Waals surface area contributed by atoms with E-state index < -0.39 is 0 Å². The van der Waals surface area contributed by atoms with Crippen LogP contribution in [0.15, 0.2) is 35.7 Å². The second-order valence-corrected chi connectivity index (χ2v) is 3.58. The van der Waals surface area contributed by atoms with Crippen LogP contribution in [0.25, 0.3) is 10.9 Å². The Hall–Kier alpha value is -1.81. The highest BCUT2D eigenvalue weighted by Gasteiger charge is 2.37. The summed E-state index contributed by atoms with van der Waals surface area (Å²) in [5, 5.41) is 4.30. The smallest absolute Gasteiger partial charge is 0.119 e. The summed E-state index contributed by atoms with van der Waals surface area (Å²) in [5.74, 6) is 0. The van der Waals surface area contributed by atoms with Crippen LogP contribution in [-0.4, -0.2) is 22.9 Å². The third-order valence-electron chi connectivity index (χ3n) is 2.65. The van der Waals surface area contributed by atoms with Crippen LogP contribution in [0, 0.1) is 0 Å². The molecule has 0 radical (unpaired) electrons. The number of nitrogens with zero attached hydrogens (tertiary/aromatic N) is 3. The van der Waals surface area contributed by atoms with Gasteiger partial charge in [-0.25, -0.2) is 9.97 Å². The van der Waals surface area contributed by atoms with Gasteiger partial charge >= 0.3 is 0 Å². The number of benzene rings is 1. The Labute approximate surface area is 87.1 Å². The van der Waals surface area contributed by atoms with Gasteiger partial charge in [-0.3, -0.25) is 10.3 Å². The van der Waals surface area contributed by atoms with Gasteiger partial charge in [0.25, 0.3) is 0 Å². The van der Waals surface area contributed by atoms with E-state index in [1.54, 1.807) is 6.33 Å². The van der Waals surface area contributed by atoms with E-state index in [2.05, 4.69) is 33.1 Å². The van der Waals surface area contributed by atoms with Crippen molar-refractivity contribution in [1.82, 2.24) is 15.3 Å². The van der Waals surface area contributed by atoms with Crippen LogP contribution in [0.1, 0.15) is 11.6 Å². The van der Waals surface area contributed by atoms with E-state index in [4.69, 9.17) is 0 Å². The molecule has 74 valence electrons. The van der Waals surface area contributed by atoms with Crippen molar-refractivity contribution in [3.05, 3.63) is 36.3 Å². The predicted octanol–water partition coefficient (Wildman–Crippen LogP) is 1.30. The molecular weight excluding hydrogens is 188 g/mol. The fourth-order valence-electron chi connectivity index (χ4n) is 1.84. The van der Waals surface area contributed by atoms with Crippen molar-refractivity contribution in [2.75, 3.05) is 0 Å². The summed E-state index contributed by atoms with van der Waals surface area (Å²) < 4.78 is 0. The molecular formula is C11H10N4. The molecule has 4 nitrogen and oxygen atoms in total. The largest absolute Gasteiger partial charge is 0.284 e. The molecule has 1 aromatic carbocycles. The second-order valence-electron chi connectivity index (χ2n) is 3.58. The van der Waals surface area contributed by atoms with Crippen LogP contribution in [0.5, 0.6) is 0 Å². The highest BCUT2D eigenvalue weighted by atomic mass is 15.3. The Morgan fingerprint density at radius 3 is 3.13 bits per heavy atom. The fourth-order valence-corrected chi connectivity index (χ4v) is 1.84. The molecule has 4 heteroatoms. The van der Waals surface area contributed by atoms with Crippen molar-refractivity contribution in [1.29, 1.82) is 0 Å². The quantitative estimate of drug-likeness (QED) is 0.584. The molecule has 1 aromatic heterocycles. The Bertz CT molecular complexity index is 517. The normalized spacial score (nSPS) is 24.0. The minimum Gasteiger partial charge on any atom is -0.284 e. The Morgan fingerprint density at radius 2 is 2.33 bits per heavy atom. The van der Waals surface area contributed by atoms with E-state index in [1.165, 1.54) is 5.56 Å². The number of nitrogens with one attached hydrogen (secondary N) is 1. The third kappa shape index (κ3) is 1.30. The minimum absolute atomic E-state index is 0.144. The summed E-state index contributed by atoms with van der Waals surface area (Å²) >= 11 is 0. The van der Waals surface area contributed by atoms with Crippen LogP contribution in [0.4, 0.5) is 0 Å². The third-order valence-corrected chi connectivity index (χ3v) is 2.65. The molecule has 0 saturated carbocycles. The number of aromatic nitrogens is 2. The lowest BCUT2D eigenvalue weighted by Crippen LogP contribution is -1.90. The lowest BCUT2D eigenvalue weighted by molar-refractivity contribution is 1.000. The van der Waals surface area contributed by atoms with Crippen molar-refractivity contribution in [3.63, 3.8) is 0 Å². The molecule has 0 aliphatic carbocycles. The number of hydrogen-bond donors (Lipinski definition) is 1. The fraction of sp³-hybridized carbons (Fsp3) is 0.182. The average Bonchev–Trinajstić information content (AvgIpc) is 3.07. The predicted molar refractivity (Wildman–Crippen MR) is 58.8 cm³/mol. The van der Waals surface area contributed by atoms with Crippen molar-refractivity contribution < 1.29 is 0 Å². The minimum atomic E-state index is 0.144. The molecule has 1 N–H and O–H groups in total. The van der Waals surface area contributed by atoms with Crippen LogP contribution in [-0.2, 0) is 0 Å². The molecule has 2 unspecified atom stereocenters. The molecule has 2 heterocycles. The van der Waals surface area contributed by atoms with Gasteiger partial charge in [0.05, 0.1) is 11.6 Å². The van der Waals surface area contributed by atoms with Crippen molar-refractivity contribution in [2.24, 2.45) is 4.99 Å². The molecule has 1 saturated heterocycles. The molecule has 0 spiro atoms. The molecule has 1 aliphatic rings. The summed E-state index contributed by atoms with van der Waals surface area (Å²) in [5.41, 5.74) is 2.17. The summed E-state index contributed by atoms with van der Waals surface area (Å²) in [6.45, 7) is 3.53. The Balaban J connectivity index is 2.15. The molecule has 0 amide bonds. The lowest BCUT2D eigenvalue weighted by Gasteiger charge is -2.01. The topological polar surface area (TPSA) is 60.1 Å². The molecule has 2 aromatic rings. The molecule has 3 rings (SSSR count). The first-order valence-electron chi connectivity index (χ1n) is 4.80. The second kappa shape index (κ2) is 3.10. The van der Waals surface area contributed by atoms with Crippen LogP contribution < -0.4 is 5.32 Å². The van der Waals surface area contributed by atoms with Gasteiger partial charge in [0.15, 0.2) is 0 Å². The molecule has 15 heavy (non-hydrogen) atoms. The first kappa shape index (κ1) is 8.49. The molecule has 2 atom stereocenters. The van der Waals surface area contributed by atoms with Crippen molar-refractivity contribution in [3.8, 4) is 0 Å². The SMILES string of the molecule is C=NC1NC1c1cccc2cncnc12. The molecule has 1 aliphatic heterocycles. The molecule has 0 bridgehead atoms. The monoisotopic (exact) mass is 198 g/mol. The van der Waals surface area contributed by atoms with Gasteiger partial charge in [-0.2, -0.15) is 0 Å². The van der Waals surface area contributed by atoms with Crippen LogP contribution in [0.2, 0.25) is 0 Å². The van der Waals surface area contributed by atoms with E-state index in [0.29, 0.717) is 0 Å². The highest BCUT2D eigenvalue weighted by Crippen LogP contribution is 2.33. The maximum Gasteiger partial charge on any atom is 0.119 e. The zero-order chi connectivity index (χ0) is 10.3. The first-order chi connectivity index (χ1) is 7.40. The van der Waals surface area contributed by atoms with E-state index in [0.717, 1.165) is 10.9 Å². The van der Waals surface area contributed by atoms with Gasteiger partial charge in [0.2, 0.25) is 0 Å². The average molecular weight is 198 g/mol. The van der Waals surface area contributed by atoms with Gasteiger partial charge in [-0.1, -0.05) is 18.2 Å². The van der Waals surface area contributed by atoms with Crippen LogP contribution in [0.3, 0.4) is 0 Å². The van der Waals surface area contributed by atoms with Crippen molar-refractivity contribution >= 4 is 17.6 Å². The molecule has 1 fully saturated rings. The lowest BCUT2D eigenvalue weighted by atomic mass is 10.1. The van der Waals surface area contributed by atoms with Crippen LogP contribution >= 0.6 is 0 Å². The number of rotatable bonds is 2.